The van der Waals surface area contributed by atoms with Crippen LogP contribution in [0.1, 0.15) is 22.3 Å². The fourth-order valence-electron chi connectivity index (χ4n) is 10.7. The van der Waals surface area contributed by atoms with E-state index in [4.69, 9.17) is 4.42 Å². The molecule has 2 aliphatic carbocycles. The monoisotopic (exact) mass is 775 g/mol. The molecule has 1 spiro atoms. The van der Waals surface area contributed by atoms with Crippen LogP contribution < -0.4 is 4.90 Å². The molecule has 0 saturated carbocycles. The molecular formula is C59H37NO. The van der Waals surface area contributed by atoms with Gasteiger partial charge in [-0.2, -0.15) is 0 Å². The number of fused-ring (bicyclic) bond motifs is 16. The number of nitrogens with zero attached hydrogens (tertiary/aromatic N) is 1. The van der Waals surface area contributed by atoms with E-state index in [1.165, 1.54) is 77.5 Å². The van der Waals surface area contributed by atoms with Gasteiger partial charge in [-0.25, -0.2) is 0 Å². The van der Waals surface area contributed by atoms with Crippen molar-refractivity contribution < 1.29 is 4.42 Å². The maximum Gasteiger partial charge on any atom is 0.159 e. The van der Waals surface area contributed by atoms with Crippen molar-refractivity contribution in [2.24, 2.45) is 0 Å². The van der Waals surface area contributed by atoms with Crippen molar-refractivity contribution in [3.05, 3.63) is 247 Å². The zero-order chi connectivity index (χ0) is 40.1. The first-order valence-corrected chi connectivity index (χ1v) is 21.1. The van der Waals surface area contributed by atoms with Crippen LogP contribution in [0.3, 0.4) is 0 Å². The normalized spacial score (nSPS) is 14.6. The van der Waals surface area contributed by atoms with E-state index in [0.717, 1.165) is 39.0 Å². The zero-order valence-electron chi connectivity index (χ0n) is 33.2. The van der Waals surface area contributed by atoms with Crippen LogP contribution in [0.5, 0.6) is 0 Å². The molecule has 11 aromatic rings. The number of hydrogen-bond acceptors (Lipinski definition) is 2. The second kappa shape index (κ2) is 13.0. The highest BCUT2D eigenvalue weighted by atomic mass is 16.3. The molecule has 1 unspecified atom stereocenters. The average Bonchev–Trinajstić information content (AvgIpc) is 3.82. The number of furan rings is 1. The predicted octanol–water partition coefficient (Wildman–Crippen LogP) is 15.9. The van der Waals surface area contributed by atoms with Crippen LogP contribution in [0.2, 0.25) is 0 Å². The third-order valence-corrected chi connectivity index (χ3v) is 13.3. The van der Waals surface area contributed by atoms with Crippen molar-refractivity contribution in [2.75, 3.05) is 4.90 Å². The number of hydrogen-bond donors (Lipinski definition) is 0. The topological polar surface area (TPSA) is 16.4 Å². The molecule has 0 amide bonds. The van der Waals surface area contributed by atoms with Crippen LogP contribution in [0.25, 0.3) is 77.2 Å². The third-order valence-electron chi connectivity index (χ3n) is 13.3. The van der Waals surface area contributed by atoms with Crippen LogP contribution in [-0.2, 0) is 5.41 Å². The molecule has 1 aromatic heterocycles. The molecule has 10 aromatic carbocycles. The maximum absolute atomic E-state index is 6.78. The van der Waals surface area contributed by atoms with Gasteiger partial charge in [0.25, 0.3) is 0 Å². The molecule has 2 heteroatoms. The molecule has 0 fully saturated rings. The highest BCUT2D eigenvalue weighted by molar-refractivity contribution is 6.10. The lowest BCUT2D eigenvalue weighted by Crippen LogP contribution is -2.29. The summed E-state index contributed by atoms with van der Waals surface area (Å²) in [6.45, 7) is 0. The lowest BCUT2D eigenvalue weighted by Gasteiger charge is -2.36. The Balaban J connectivity index is 1.12. The lowest BCUT2D eigenvalue weighted by molar-refractivity contribution is 0.669. The Bertz CT molecular complexity index is 3540. The van der Waals surface area contributed by atoms with Crippen LogP contribution in [0.15, 0.2) is 229 Å². The van der Waals surface area contributed by atoms with Crippen LogP contribution in [0.4, 0.5) is 17.1 Å². The number of anilines is 3. The van der Waals surface area contributed by atoms with Gasteiger partial charge >= 0.3 is 0 Å². The lowest BCUT2D eigenvalue weighted by atomic mass is 9.65. The average molecular weight is 776 g/mol. The Hall–Kier alpha value is -7.94. The summed E-state index contributed by atoms with van der Waals surface area (Å²) in [5.74, 6) is 0. The number of benzene rings is 10. The number of para-hydroxylation sites is 2. The van der Waals surface area contributed by atoms with Gasteiger partial charge in [-0.1, -0.05) is 176 Å². The predicted molar refractivity (Wildman–Crippen MR) is 253 cm³/mol. The van der Waals surface area contributed by atoms with E-state index in [-0.39, 0.29) is 0 Å². The minimum Gasteiger partial charge on any atom is -0.454 e. The van der Waals surface area contributed by atoms with Gasteiger partial charge in [-0.15, -0.1) is 0 Å². The minimum absolute atomic E-state index is 0.583. The van der Waals surface area contributed by atoms with Gasteiger partial charge in [-0.3, -0.25) is 0 Å². The Kier molecular flexibility index (Phi) is 7.26. The van der Waals surface area contributed by atoms with Crippen molar-refractivity contribution in [3.63, 3.8) is 0 Å². The van der Waals surface area contributed by atoms with Crippen molar-refractivity contribution in [1.29, 1.82) is 0 Å². The van der Waals surface area contributed by atoms with E-state index in [0.29, 0.717) is 0 Å². The van der Waals surface area contributed by atoms with E-state index in [1.807, 2.05) is 6.07 Å². The fraction of sp³-hybridized carbons (Fsp3) is 0.0169. The molecular weight excluding hydrogens is 739 g/mol. The fourth-order valence-corrected chi connectivity index (χ4v) is 10.7. The van der Waals surface area contributed by atoms with Crippen LogP contribution in [0, 0.1) is 0 Å². The first kappa shape index (κ1) is 34.0. The molecule has 1 heterocycles. The largest absolute Gasteiger partial charge is 0.454 e. The van der Waals surface area contributed by atoms with E-state index >= 15 is 0 Å². The summed E-state index contributed by atoms with van der Waals surface area (Å²) in [5.41, 5.74) is 19.3. The summed E-state index contributed by atoms with van der Waals surface area (Å²) in [4.78, 5) is 2.39. The van der Waals surface area contributed by atoms with Gasteiger partial charge in [0.05, 0.1) is 11.1 Å². The quantitative estimate of drug-likeness (QED) is 0.177. The summed E-state index contributed by atoms with van der Waals surface area (Å²) in [5, 5.41) is 4.71. The van der Waals surface area contributed by atoms with Gasteiger partial charge in [-0.05, 0) is 126 Å². The van der Waals surface area contributed by atoms with E-state index < -0.39 is 5.41 Å². The summed E-state index contributed by atoms with van der Waals surface area (Å²) in [6.07, 6.45) is 0. The maximum atomic E-state index is 6.78. The van der Waals surface area contributed by atoms with E-state index in [2.05, 4.69) is 223 Å². The Morgan fingerprint density at radius 1 is 0.328 bits per heavy atom. The zero-order valence-corrected chi connectivity index (χ0v) is 33.2. The summed E-state index contributed by atoms with van der Waals surface area (Å²) in [6, 6.07) is 82.5. The smallest absolute Gasteiger partial charge is 0.159 e. The molecule has 2 nitrogen and oxygen atoms in total. The van der Waals surface area contributed by atoms with Gasteiger partial charge in [0.1, 0.15) is 5.58 Å². The third kappa shape index (κ3) is 4.85. The molecule has 1 atom stereocenters. The van der Waals surface area contributed by atoms with Gasteiger partial charge < -0.3 is 9.32 Å². The molecule has 0 saturated heterocycles. The molecule has 0 radical (unpaired) electrons. The van der Waals surface area contributed by atoms with Gasteiger partial charge in [0, 0.05) is 22.1 Å². The van der Waals surface area contributed by atoms with Crippen molar-refractivity contribution >= 4 is 49.8 Å². The highest BCUT2D eigenvalue weighted by Crippen LogP contribution is 2.62. The van der Waals surface area contributed by atoms with E-state index in [1.54, 1.807) is 0 Å². The molecule has 0 N–H and O–H groups in total. The van der Waals surface area contributed by atoms with Crippen molar-refractivity contribution in [2.45, 2.75) is 5.41 Å². The molecule has 13 rings (SSSR count). The van der Waals surface area contributed by atoms with Crippen LogP contribution >= 0.6 is 0 Å². The SMILES string of the molecule is c1ccc(-c2ccc(N(c3ccc4c(c3)-c3ccccc3-c3ccccc3C43c4ccccc4-c4cc5ccccc5cc43)c3cccc4c3oc3ccccc34)cc2)cc1. The Labute approximate surface area is 354 Å². The summed E-state index contributed by atoms with van der Waals surface area (Å²) >= 11 is 0. The second-order valence-electron chi connectivity index (χ2n) is 16.4. The van der Waals surface area contributed by atoms with Crippen molar-refractivity contribution in [3.8, 4) is 44.5 Å². The standard InChI is InChI=1S/C59H37NO/c1-2-15-38(16-3-1)39-29-31-42(32-30-39)60(56-27-14-24-49-48-23-10-13-28-57(48)61-58(49)56)43-33-34-54-51(37-43)45-20-7-6-19-44(45)46-21-8-11-25-52(46)59(54)53-26-12-9-22-47(53)50-35-40-17-4-5-18-41(40)36-55(50)59/h1-37H. The minimum atomic E-state index is -0.583. The molecule has 0 bridgehead atoms. The second-order valence-corrected chi connectivity index (χ2v) is 16.4. The van der Waals surface area contributed by atoms with Gasteiger partial charge in [0.15, 0.2) is 5.58 Å². The van der Waals surface area contributed by atoms with E-state index in [9.17, 15) is 0 Å². The molecule has 0 aliphatic heterocycles. The summed E-state index contributed by atoms with van der Waals surface area (Å²) < 4.78 is 6.78. The Morgan fingerprint density at radius 3 is 1.64 bits per heavy atom. The van der Waals surface area contributed by atoms with Crippen LogP contribution in [-0.4, -0.2) is 0 Å². The van der Waals surface area contributed by atoms with Crippen molar-refractivity contribution in [1.82, 2.24) is 0 Å². The Morgan fingerprint density at radius 2 is 0.869 bits per heavy atom. The molecule has 61 heavy (non-hydrogen) atoms. The number of rotatable bonds is 4. The highest BCUT2D eigenvalue weighted by Gasteiger charge is 2.50. The first-order valence-electron chi connectivity index (χ1n) is 21.1. The first-order chi connectivity index (χ1) is 30.3. The molecule has 2 aliphatic rings. The van der Waals surface area contributed by atoms with Gasteiger partial charge in [0.2, 0.25) is 0 Å². The molecule has 284 valence electrons. The summed E-state index contributed by atoms with van der Waals surface area (Å²) in [7, 11) is 0.